The molecule has 7 nitrogen and oxygen atoms in total. The first-order chi connectivity index (χ1) is 15.7. The first-order valence-corrected chi connectivity index (χ1v) is 10.6. The Morgan fingerprint density at radius 3 is 2.79 bits per heavy atom. The Labute approximate surface area is 187 Å². The van der Waals surface area contributed by atoms with Crippen molar-refractivity contribution in [1.29, 1.82) is 0 Å². The van der Waals surface area contributed by atoms with E-state index in [-0.39, 0.29) is 30.5 Å². The fraction of sp³-hybridized carbons (Fsp3) is 0.409. The number of carbonyl (C=O) groups excluding carboxylic acids is 2. The molecule has 2 aliphatic heterocycles. The lowest BCUT2D eigenvalue weighted by atomic mass is 10.0. The molecular weight excluding hydrogens is 442 g/mol. The van der Waals surface area contributed by atoms with Crippen LogP contribution in [0.15, 0.2) is 30.5 Å². The maximum Gasteiger partial charge on any atom is 0.416 e. The number of anilines is 2. The molecule has 2 aliphatic rings. The summed E-state index contributed by atoms with van der Waals surface area (Å²) in [5.74, 6) is -0.865. The van der Waals surface area contributed by atoms with Crippen molar-refractivity contribution < 1.29 is 27.2 Å². The van der Waals surface area contributed by atoms with E-state index in [0.29, 0.717) is 36.7 Å². The number of rotatable bonds is 5. The quantitative estimate of drug-likeness (QED) is 0.664. The molecule has 0 aliphatic carbocycles. The minimum Gasteiger partial charge on any atom is -0.352 e. The highest BCUT2D eigenvalue weighted by Gasteiger charge is 2.39. The monoisotopic (exact) mass is 465 g/mol. The number of halogens is 4. The molecule has 1 fully saturated rings. The summed E-state index contributed by atoms with van der Waals surface area (Å²) in [5.41, 5.74) is -0.322. The molecule has 0 radical (unpaired) electrons. The Morgan fingerprint density at radius 2 is 2.06 bits per heavy atom. The van der Waals surface area contributed by atoms with Crippen molar-refractivity contribution in [3.8, 4) is 0 Å². The molecule has 1 aromatic carbocycles. The molecule has 1 saturated heterocycles. The van der Waals surface area contributed by atoms with Gasteiger partial charge in [0.1, 0.15) is 11.9 Å². The van der Waals surface area contributed by atoms with E-state index in [2.05, 4.69) is 15.6 Å². The molecule has 11 heteroatoms. The Bertz CT molecular complexity index is 1080. The Morgan fingerprint density at radius 1 is 1.27 bits per heavy atom. The van der Waals surface area contributed by atoms with Gasteiger partial charge in [-0.15, -0.1) is 0 Å². The molecule has 1 unspecified atom stereocenters. The van der Waals surface area contributed by atoms with Gasteiger partial charge in [-0.1, -0.05) is 6.92 Å². The van der Waals surface area contributed by atoms with Gasteiger partial charge in [0.15, 0.2) is 5.82 Å². The summed E-state index contributed by atoms with van der Waals surface area (Å²) in [5, 5.41) is 5.50. The number of carbonyl (C=O) groups is 2. The largest absolute Gasteiger partial charge is 0.416 e. The summed E-state index contributed by atoms with van der Waals surface area (Å²) in [6.45, 7) is 3.17. The molecule has 3 heterocycles. The summed E-state index contributed by atoms with van der Waals surface area (Å²) in [4.78, 5) is 32.8. The highest BCUT2D eigenvalue weighted by molar-refractivity contribution is 6.05. The van der Waals surface area contributed by atoms with E-state index >= 15 is 0 Å². The van der Waals surface area contributed by atoms with Gasteiger partial charge in [-0.3, -0.25) is 14.5 Å². The lowest BCUT2D eigenvalue weighted by molar-refractivity contribution is -0.138. The van der Waals surface area contributed by atoms with Crippen molar-refractivity contribution in [1.82, 2.24) is 15.2 Å². The van der Waals surface area contributed by atoms with Gasteiger partial charge in [0.2, 0.25) is 5.91 Å². The third-order valence-corrected chi connectivity index (χ3v) is 5.73. The first-order valence-electron chi connectivity index (χ1n) is 10.6. The second-order valence-electron chi connectivity index (χ2n) is 8.08. The molecule has 2 N–H and O–H groups in total. The highest BCUT2D eigenvalue weighted by atomic mass is 19.4. The van der Waals surface area contributed by atoms with Crippen molar-refractivity contribution in [3.05, 3.63) is 53.0 Å². The van der Waals surface area contributed by atoms with Crippen molar-refractivity contribution in [2.24, 2.45) is 0 Å². The van der Waals surface area contributed by atoms with Crippen LogP contribution in [-0.2, 0) is 17.5 Å². The zero-order valence-electron chi connectivity index (χ0n) is 17.9. The molecule has 176 valence electrons. The van der Waals surface area contributed by atoms with Crippen LogP contribution < -0.4 is 15.5 Å². The number of nitrogens with one attached hydrogen (secondary N) is 2. The van der Waals surface area contributed by atoms with Gasteiger partial charge >= 0.3 is 6.18 Å². The number of piperazine rings is 1. The van der Waals surface area contributed by atoms with Gasteiger partial charge in [0.25, 0.3) is 5.91 Å². The van der Waals surface area contributed by atoms with Crippen LogP contribution in [0.25, 0.3) is 0 Å². The smallest absolute Gasteiger partial charge is 0.352 e. The number of aromatic nitrogens is 1. The van der Waals surface area contributed by atoms with Gasteiger partial charge in [-0.2, -0.15) is 13.2 Å². The maximum atomic E-state index is 13.6. The fourth-order valence-corrected chi connectivity index (χ4v) is 4.13. The first kappa shape index (κ1) is 23.0. The van der Waals surface area contributed by atoms with Crippen molar-refractivity contribution >= 4 is 23.3 Å². The predicted octanol–water partition coefficient (Wildman–Crippen LogP) is 3.02. The molecule has 33 heavy (non-hydrogen) atoms. The lowest BCUT2D eigenvalue weighted by Gasteiger charge is -2.44. The molecule has 2 aromatic rings. The van der Waals surface area contributed by atoms with E-state index in [1.807, 2.05) is 6.92 Å². The Kier molecular flexibility index (Phi) is 6.24. The van der Waals surface area contributed by atoms with Gasteiger partial charge in [0, 0.05) is 38.9 Å². The SMILES string of the molecule is CCCNC(=O)c1cnc2c(c1)NC(=O)C1CN(Cc3cc(F)ccc3C(F)(F)F)CCN21. The molecule has 4 rings (SSSR count). The van der Waals surface area contributed by atoms with E-state index < -0.39 is 23.6 Å². The number of benzene rings is 1. The third kappa shape index (κ3) is 4.77. The minimum atomic E-state index is -4.60. The second-order valence-corrected chi connectivity index (χ2v) is 8.08. The van der Waals surface area contributed by atoms with Gasteiger partial charge < -0.3 is 15.5 Å². The Hall–Kier alpha value is -3.21. The van der Waals surface area contributed by atoms with Gasteiger partial charge in [0.05, 0.1) is 16.8 Å². The van der Waals surface area contributed by atoms with Crippen LogP contribution in [0.1, 0.15) is 34.8 Å². The van der Waals surface area contributed by atoms with Crippen LogP contribution in [0.4, 0.5) is 29.1 Å². The second kappa shape index (κ2) is 8.97. The number of hydrogen-bond donors (Lipinski definition) is 2. The van der Waals surface area contributed by atoms with Crippen molar-refractivity contribution in [3.63, 3.8) is 0 Å². The molecule has 0 spiro atoms. The van der Waals surface area contributed by atoms with E-state index in [1.165, 1.54) is 6.20 Å². The fourth-order valence-electron chi connectivity index (χ4n) is 4.13. The van der Waals surface area contributed by atoms with Crippen LogP contribution in [0.5, 0.6) is 0 Å². The summed E-state index contributed by atoms with van der Waals surface area (Å²) in [7, 11) is 0. The normalized spacial score (nSPS) is 18.4. The maximum absolute atomic E-state index is 13.6. The summed E-state index contributed by atoms with van der Waals surface area (Å²) in [6.07, 6.45) is -2.38. The molecular formula is C22H23F4N5O2. The average Bonchev–Trinajstić information content (AvgIpc) is 2.76. The van der Waals surface area contributed by atoms with Crippen LogP contribution in [0, 0.1) is 5.82 Å². The molecule has 0 saturated carbocycles. The number of hydrogen-bond acceptors (Lipinski definition) is 5. The lowest BCUT2D eigenvalue weighted by Crippen LogP contribution is -2.60. The topological polar surface area (TPSA) is 77.6 Å². The van der Waals surface area contributed by atoms with Gasteiger partial charge in [-0.25, -0.2) is 9.37 Å². The average molecular weight is 465 g/mol. The Balaban J connectivity index is 1.52. The zero-order chi connectivity index (χ0) is 23.8. The van der Waals surface area contributed by atoms with E-state index in [9.17, 15) is 27.2 Å². The van der Waals surface area contributed by atoms with E-state index in [0.717, 1.165) is 24.6 Å². The number of pyridine rings is 1. The summed E-state index contributed by atoms with van der Waals surface area (Å²) < 4.78 is 53.7. The number of amides is 2. The molecule has 0 bridgehead atoms. The van der Waals surface area contributed by atoms with Crippen molar-refractivity contribution in [2.45, 2.75) is 32.1 Å². The highest BCUT2D eigenvalue weighted by Crippen LogP contribution is 2.35. The van der Waals surface area contributed by atoms with Crippen LogP contribution in [-0.4, -0.2) is 53.9 Å². The number of nitrogens with zero attached hydrogens (tertiary/aromatic N) is 3. The van der Waals surface area contributed by atoms with Crippen LogP contribution >= 0.6 is 0 Å². The molecule has 1 aromatic heterocycles. The minimum absolute atomic E-state index is 0.138. The van der Waals surface area contributed by atoms with Crippen LogP contribution in [0.3, 0.4) is 0 Å². The van der Waals surface area contributed by atoms with Crippen molar-refractivity contribution in [2.75, 3.05) is 36.4 Å². The van der Waals surface area contributed by atoms with E-state index in [4.69, 9.17) is 0 Å². The summed E-state index contributed by atoms with van der Waals surface area (Å²) >= 11 is 0. The number of alkyl halides is 3. The predicted molar refractivity (Wildman–Crippen MR) is 113 cm³/mol. The van der Waals surface area contributed by atoms with Crippen LogP contribution in [0.2, 0.25) is 0 Å². The number of fused-ring (bicyclic) bond motifs is 3. The summed E-state index contributed by atoms with van der Waals surface area (Å²) in [6, 6.07) is 3.32. The zero-order valence-corrected chi connectivity index (χ0v) is 17.9. The standard InChI is InChI=1S/C22H23F4N5O2/c1-2-5-27-20(32)13-9-17-19(28-10-13)31-7-6-30(12-18(31)21(33)29-17)11-14-8-15(23)3-4-16(14)22(24,25)26/h3-4,8-10,18H,2,5-7,11-12H2,1H3,(H,27,32)(H,29,33). The van der Waals surface area contributed by atoms with E-state index in [1.54, 1.807) is 15.9 Å². The molecule has 1 atom stereocenters. The van der Waals surface area contributed by atoms with Gasteiger partial charge in [-0.05, 0) is 36.2 Å². The molecule has 2 amide bonds. The third-order valence-electron chi connectivity index (χ3n) is 5.73.